The normalized spacial score (nSPS) is 11.9. The van der Waals surface area contributed by atoms with Gasteiger partial charge in [-0.2, -0.15) is 0 Å². The van der Waals surface area contributed by atoms with Crippen LogP contribution in [0.25, 0.3) is 10.9 Å². The standard InChI is InChI=1S/C14H17NOS/c1-14(2,3)17-9-13(16)11-8-15-12-7-5-4-6-10(11)12/h4-8,15H,9H2,1-3H3. The van der Waals surface area contributed by atoms with Crippen molar-refractivity contribution in [2.24, 2.45) is 0 Å². The second-order valence-electron chi connectivity index (χ2n) is 5.07. The van der Waals surface area contributed by atoms with Crippen molar-refractivity contribution in [2.75, 3.05) is 5.75 Å². The largest absolute Gasteiger partial charge is 0.360 e. The van der Waals surface area contributed by atoms with Gasteiger partial charge in [0.2, 0.25) is 0 Å². The number of aromatic nitrogens is 1. The predicted molar refractivity (Wildman–Crippen MR) is 74.8 cm³/mol. The Kier molecular flexibility index (Phi) is 3.29. The first kappa shape index (κ1) is 12.2. The van der Waals surface area contributed by atoms with Crippen LogP contribution >= 0.6 is 11.8 Å². The molecule has 0 atom stereocenters. The van der Waals surface area contributed by atoms with Gasteiger partial charge in [-0.25, -0.2) is 0 Å². The lowest BCUT2D eigenvalue weighted by atomic mass is 10.1. The van der Waals surface area contributed by atoms with Crippen molar-refractivity contribution in [2.45, 2.75) is 25.5 Å². The molecular weight excluding hydrogens is 230 g/mol. The highest BCUT2D eigenvalue weighted by atomic mass is 32.2. The van der Waals surface area contributed by atoms with Gasteiger partial charge in [0.25, 0.3) is 0 Å². The van der Waals surface area contributed by atoms with Crippen LogP contribution in [0.1, 0.15) is 31.1 Å². The molecule has 0 bridgehead atoms. The highest BCUT2D eigenvalue weighted by molar-refractivity contribution is 8.01. The van der Waals surface area contributed by atoms with Crippen LogP contribution in [0.3, 0.4) is 0 Å². The molecule has 3 heteroatoms. The molecule has 1 aromatic carbocycles. The fourth-order valence-corrected chi connectivity index (χ4v) is 2.38. The van der Waals surface area contributed by atoms with Crippen LogP contribution in [0.2, 0.25) is 0 Å². The second kappa shape index (κ2) is 4.57. The average Bonchev–Trinajstić information content (AvgIpc) is 2.68. The smallest absolute Gasteiger partial charge is 0.174 e. The minimum absolute atomic E-state index is 0.127. The first-order chi connectivity index (χ1) is 7.97. The lowest BCUT2D eigenvalue weighted by Crippen LogP contribution is -2.12. The summed E-state index contributed by atoms with van der Waals surface area (Å²) in [5.41, 5.74) is 1.83. The van der Waals surface area contributed by atoms with Crippen molar-refractivity contribution < 1.29 is 4.79 Å². The van der Waals surface area contributed by atoms with Gasteiger partial charge in [-0.05, 0) is 6.07 Å². The summed E-state index contributed by atoms with van der Waals surface area (Å²) >= 11 is 1.69. The molecule has 0 saturated carbocycles. The van der Waals surface area contributed by atoms with Gasteiger partial charge >= 0.3 is 0 Å². The zero-order valence-corrected chi connectivity index (χ0v) is 11.2. The average molecular weight is 247 g/mol. The van der Waals surface area contributed by atoms with Gasteiger partial charge in [0, 0.05) is 27.4 Å². The number of hydrogen-bond donors (Lipinski definition) is 1. The van der Waals surface area contributed by atoms with Crippen LogP contribution < -0.4 is 0 Å². The van der Waals surface area contributed by atoms with E-state index in [2.05, 4.69) is 25.8 Å². The zero-order chi connectivity index (χ0) is 12.5. The van der Waals surface area contributed by atoms with E-state index in [1.165, 1.54) is 0 Å². The molecule has 1 aromatic heterocycles. The van der Waals surface area contributed by atoms with E-state index in [0.717, 1.165) is 16.5 Å². The fraction of sp³-hybridized carbons (Fsp3) is 0.357. The Balaban J connectivity index is 2.20. The van der Waals surface area contributed by atoms with Crippen molar-refractivity contribution in [3.8, 4) is 0 Å². The molecular formula is C14H17NOS. The third-order valence-electron chi connectivity index (χ3n) is 2.53. The van der Waals surface area contributed by atoms with Crippen LogP contribution in [0, 0.1) is 0 Å². The monoisotopic (exact) mass is 247 g/mol. The summed E-state index contributed by atoms with van der Waals surface area (Å²) in [5, 5.41) is 1.02. The van der Waals surface area contributed by atoms with Crippen LogP contribution in [-0.4, -0.2) is 21.3 Å². The Morgan fingerprint density at radius 3 is 2.71 bits per heavy atom. The van der Waals surface area contributed by atoms with Crippen molar-refractivity contribution >= 4 is 28.4 Å². The van der Waals surface area contributed by atoms with Crippen molar-refractivity contribution in [3.63, 3.8) is 0 Å². The van der Waals surface area contributed by atoms with E-state index in [9.17, 15) is 4.79 Å². The second-order valence-corrected chi connectivity index (χ2v) is 6.87. The van der Waals surface area contributed by atoms with E-state index in [-0.39, 0.29) is 10.5 Å². The third-order valence-corrected chi connectivity index (χ3v) is 3.80. The van der Waals surface area contributed by atoms with Gasteiger partial charge in [0.1, 0.15) is 0 Å². The molecule has 1 N–H and O–H groups in total. The molecule has 2 aromatic rings. The van der Waals surface area contributed by atoms with Gasteiger partial charge in [-0.3, -0.25) is 4.79 Å². The molecule has 2 rings (SSSR count). The highest BCUT2D eigenvalue weighted by Crippen LogP contribution is 2.25. The SMILES string of the molecule is CC(C)(C)SCC(=O)c1c[nH]c2ccccc12. The molecule has 17 heavy (non-hydrogen) atoms. The number of nitrogens with one attached hydrogen (secondary N) is 1. The number of carbonyl (C=O) groups is 1. The Bertz CT molecular complexity index is 536. The maximum atomic E-state index is 12.1. The molecule has 0 amide bonds. The topological polar surface area (TPSA) is 32.9 Å². The minimum atomic E-state index is 0.127. The molecule has 90 valence electrons. The molecule has 1 heterocycles. The van der Waals surface area contributed by atoms with Crippen LogP contribution in [-0.2, 0) is 0 Å². The van der Waals surface area contributed by atoms with E-state index >= 15 is 0 Å². The van der Waals surface area contributed by atoms with Crippen molar-refractivity contribution in [1.82, 2.24) is 4.98 Å². The number of aromatic amines is 1. The number of thioether (sulfide) groups is 1. The first-order valence-corrected chi connectivity index (χ1v) is 6.69. The summed E-state index contributed by atoms with van der Waals surface area (Å²) in [6, 6.07) is 7.91. The van der Waals surface area contributed by atoms with E-state index in [0.29, 0.717) is 5.75 Å². The van der Waals surface area contributed by atoms with Gasteiger partial charge < -0.3 is 4.98 Å². The van der Waals surface area contributed by atoms with Crippen molar-refractivity contribution in [1.29, 1.82) is 0 Å². The predicted octanol–water partition coefficient (Wildman–Crippen LogP) is 3.88. The van der Waals surface area contributed by atoms with Crippen molar-refractivity contribution in [3.05, 3.63) is 36.0 Å². The maximum Gasteiger partial charge on any atom is 0.174 e. The Hall–Kier alpha value is -1.22. The molecule has 0 fully saturated rings. The summed E-state index contributed by atoms with van der Waals surface area (Å²) in [7, 11) is 0. The van der Waals surface area contributed by atoms with Crippen LogP contribution in [0.5, 0.6) is 0 Å². The summed E-state index contributed by atoms with van der Waals surface area (Å²) in [5.74, 6) is 0.730. The Morgan fingerprint density at radius 1 is 1.29 bits per heavy atom. The number of H-pyrrole nitrogens is 1. The Morgan fingerprint density at radius 2 is 2.00 bits per heavy atom. The van der Waals surface area contributed by atoms with Gasteiger partial charge in [-0.1, -0.05) is 39.0 Å². The number of para-hydroxylation sites is 1. The molecule has 0 spiro atoms. The number of ketones is 1. The molecule has 0 radical (unpaired) electrons. The lowest BCUT2D eigenvalue weighted by molar-refractivity contribution is 0.102. The van der Waals surface area contributed by atoms with Gasteiger partial charge in [0.15, 0.2) is 5.78 Å². The molecule has 0 aliphatic rings. The summed E-state index contributed by atoms with van der Waals surface area (Å²) in [6.45, 7) is 6.38. The van der Waals surface area contributed by atoms with E-state index < -0.39 is 0 Å². The fourth-order valence-electron chi connectivity index (χ4n) is 1.66. The summed E-state index contributed by atoms with van der Waals surface area (Å²) < 4.78 is 0.127. The third kappa shape index (κ3) is 2.91. The van der Waals surface area contributed by atoms with Crippen LogP contribution in [0.4, 0.5) is 0 Å². The zero-order valence-electron chi connectivity index (χ0n) is 10.4. The van der Waals surface area contributed by atoms with E-state index in [1.807, 2.05) is 30.5 Å². The quantitative estimate of drug-likeness (QED) is 0.835. The minimum Gasteiger partial charge on any atom is -0.360 e. The molecule has 0 saturated heterocycles. The van der Waals surface area contributed by atoms with Crippen LogP contribution in [0.15, 0.2) is 30.5 Å². The number of carbonyl (C=O) groups excluding carboxylic acids is 1. The first-order valence-electron chi connectivity index (χ1n) is 5.71. The van der Waals surface area contributed by atoms with Gasteiger partial charge in [-0.15, -0.1) is 11.8 Å². The molecule has 0 unspecified atom stereocenters. The number of rotatable bonds is 3. The molecule has 0 aliphatic carbocycles. The van der Waals surface area contributed by atoms with Gasteiger partial charge in [0.05, 0.1) is 5.75 Å². The van der Waals surface area contributed by atoms with E-state index in [1.54, 1.807) is 11.8 Å². The number of fused-ring (bicyclic) bond motifs is 1. The van der Waals surface area contributed by atoms with E-state index in [4.69, 9.17) is 0 Å². The highest BCUT2D eigenvalue weighted by Gasteiger charge is 2.16. The Labute approximate surface area is 106 Å². The molecule has 0 aliphatic heterocycles. The lowest BCUT2D eigenvalue weighted by Gasteiger charge is -2.16. The maximum absolute atomic E-state index is 12.1. The number of benzene rings is 1. The molecule has 2 nitrogen and oxygen atoms in total. The number of Topliss-reactive ketones (excluding diaryl/α,β-unsaturated/α-hetero) is 1. The number of hydrogen-bond acceptors (Lipinski definition) is 2. The summed E-state index contributed by atoms with van der Waals surface area (Å²) in [6.07, 6.45) is 1.82. The summed E-state index contributed by atoms with van der Waals surface area (Å²) in [4.78, 5) is 15.3.